The smallest absolute Gasteiger partial charge is 0.224 e. The van der Waals surface area contributed by atoms with Crippen LogP contribution in [-0.4, -0.2) is 82.3 Å². The summed E-state index contributed by atoms with van der Waals surface area (Å²) in [5.41, 5.74) is 10.9. The van der Waals surface area contributed by atoms with Crippen molar-refractivity contribution in [2.45, 2.75) is 175 Å². The molecule has 14 nitrogen and oxygen atoms in total. The zero-order chi connectivity index (χ0) is 41.2. The minimum atomic E-state index is -1.41. The summed E-state index contributed by atoms with van der Waals surface area (Å²) >= 11 is 0. The Morgan fingerprint density at radius 1 is 0.611 bits per heavy atom. The molecule has 0 aromatic carbocycles. The zero-order valence-corrected chi connectivity index (χ0v) is 33.4. The van der Waals surface area contributed by atoms with Gasteiger partial charge in [0.15, 0.2) is 17.3 Å². The van der Waals surface area contributed by atoms with E-state index in [1.165, 1.54) is 53.4 Å². The summed E-state index contributed by atoms with van der Waals surface area (Å²) in [4.78, 5) is 114. The number of rotatable bonds is 34. The molecule has 308 valence electrons. The molecule has 54 heavy (non-hydrogen) atoms. The molecule has 0 aromatic rings. The topological polar surface area (TPSA) is 250 Å². The van der Waals surface area contributed by atoms with Crippen molar-refractivity contribution in [1.29, 1.82) is 0 Å². The van der Waals surface area contributed by atoms with Gasteiger partial charge < -0.3 is 27.2 Å². The second kappa shape index (κ2) is 28.7. The van der Waals surface area contributed by atoms with E-state index in [9.17, 15) is 48.3 Å². The highest BCUT2D eigenvalue weighted by molar-refractivity contribution is 6.38. The largest absolute Gasteiger partial charge is 0.391 e. The van der Waals surface area contributed by atoms with Crippen molar-refractivity contribution in [2.24, 2.45) is 29.2 Å². The van der Waals surface area contributed by atoms with Crippen LogP contribution in [0.5, 0.6) is 0 Å². The fourth-order valence-electron chi connectivity index (χ4n) is 6.13. The Hall–Kier alpha value is -3.65. The van der Waals surface area contributed by atoms with Crippen LogP contribution in [0.1, 0.15) is 157 Å². The van der Waals surface area contributed by atoms with Gasteiger partial charge in [0.2, 0.25) is 23.5 Å². The molecule has 6 atom stereocenters. The third-order valence-corrected chi connectivity index (χ3v) is 9.57. The van der Waals surface area contributed by atoms with E-state index >= 15 is 0 Å². The highest BCUT2D eigenvalue weighted by Gasteiger charge is 2.33. The summed E-state index contributed by atoms with van der Waals surface area (Å²) in [5, 5.41) is 15.4. The Morgan fingerprint density at radius 3 is 1.76 bits per heavy atom. The molecular weight excluding hydrogens is 696 g/mol. The minimum Gasteiger partial charge on any atom is -0.391 e. The quantitative estimate of drug-likeness (QED) is 0.0468. The van der Waals surface area contributed by atoms with Crippen molar-refractivity contribution in [2.75, 3.05) is 6.54 Å². The molecule has 14 heteroatoms. The molecule has 7 N–H and O–H groups in total. The van der Waals surface area contributed by atoms with Gasteiger partial charge in [-0.25, -0.2) is 0 Å². The maximum Gasteiger partial charge on any atom is 0.224 e. The lowest BCUT2D eigenvalue weighted by Gasteiger charge is -2.25. The van der Waals surface area contributed by atoms with Crippen LogP contribution >= 0.6 is 0 Å². The van der Waals surface area contributed by atoms with Crippen LogP contribution in [0.2, 0.25) is 0 Å². The number of carbonyl (C=O) groups excluding carboxylic acids is 9. The first-order valence-corrected chi connectivity index (χ1v) is 19.9. The number of hydrogen-bond donors (Lipinski definition) is 5. The van der Waals surface area contributed by atoms with E-state index in [2.05, 4.69) is 17.6 Å². The fourth-order valence-corrected chi connectivity index (χ4v) is 6.13. The van der Waals surface area contributed by atoms with Gasteiger partial charge in [-0.2, -0.15) is 0 Å². The highest BCUT2D eigenvalue weighted by Crippen LogP contribution is 2.19. The Kier molecular flexibility index (Phi) is 26.8. The SMILES string of the molecule is CCCCCCCCCC(=O)CCCC(=O)C[C@@H](CCCCN)C(=O)N[C@H](C(=O)C[C@@H](C)C(=O)N[C@@H](CC(N)=O)C(=O)CC(C)C(=O)C(=O)CC)[C@@H](C)O. The van der Waals surface area contributed by atoms with E-state index in [-0.39, 0.29) is 30.8 Å². The predicted molar refractivity (Wildman–Crippen MR) is 205 cm³/mol. The van der Waals surface area contributed by atoms with Crippen molar-refractivity contribution < 1.29 is 48.3 Å². The highest BCUT2D eigenvalue weighted by atomic mass is 16.3. The number of unbranched alkanes of at least 4 members (excludes halogenated alkanes) is 7. The third kappa shape index (κ3) is 21.9. The van der Waals surface area contributed by atoms with E-state index in [1.807, 2.05) is 0 Å². The maximum atomic E-state index is 13.4. The van der Waals surface area contributed by atoms with E-state index < -0.39 is 96.1 Å². The summed E-state index contributed by atoms with van der Waals surface area (Å²) < 4.78 is 0. The van der Waals surface area contributed by atoms with E-state index in [1.54, 1.807) is 0 Å². The number of carbonyl (C=O) groups is 9. The van der Waals surface area contributed by atoms with Gasteiger partial charge in [0.1, 0.15) is 17.6 Å². The summed E-state index contributed by atoms with van der Waals surface area (Å²) in [6, 6.07) is -2.81. The number of aliphatic hydroxyl groups is 1. The maximum absolute atomic E-state index is 13.4. The number of nitrogens with one attached hydrogen (secondary N) is 2. The lowest BCUT2D eigenvalue weighted by Crippen LogP contribution is -2.51. The molecule has 0 aliphatic rings. The Balaban J connectivity index is 5.35. The second-order valence-electron chi connectivity index (χ2n) is 14.7. The van der Waals surface area contributed by atoms with Gasteiger partial charge in [0, 0.05) is 62.7 Å². The first-order chi connectivity index (χ1) is 25.5. The molecule has 0 rings (SSSR count). The lowest BCUT2D eigenvalue weighted by atomic mass is 9.91. The fraction of sp³-hybridized carbons (Fsp3) is 0.775. The number of amides is 3. The van der Waals surface area contributed by atoms with Crippen LogP contribution in [0.4, 0.5) is 0 Å². The molecule has 0 aliphatic carbocycles. The number of Topliss-reactive ketones (excluding diaryl/α,β-unsaturated/α-hetero) is 6. The molecule has 0 aromatic heterocycles. The van der Waals surface area contributed by atoms with Crippen LogP contribution in [0.15, 0.2) is 0 Å². The molecular formula is C40H68N4O10. The molecule has 0 radical (unpaired) electrons. The standard InChI is InChI=1S/C40H68N4O10/c1-6-8-9-10-11-12-13-18-30(46)19-16-20-31(47)24-29(17-14-15-21-41)40(54)44-37(28(5)45)35(50)23-27(4)39(53)43-32(25-36(42)51)34(49)22-26(3)38(52)33(48)7-2/h26-29,32,37,45H,6-25,41H2,1-5H3,(H2,42,51)(H,43,53)(H,44,54)/t26?,27-,28-,29-,32+,37+/m1/s1. The van der Waals surface area contributed by atoms with Gasteiger partial charge in [-0.1, -0.05) is 72.6 Å². The number of hydrogen-bond acceptors (Lipinski definition) is 11. The van der Waals surface area contributed by atoms with Crippen LogP contribution in [0.25, 0.3) is 0 Å². The minimum absolute atomic E-state index is 0.0338. The van der Waals surface area contributed by atoms with Gasteiger partial charge in [-0.05, 0) is 39.2 Å². The first kappa shape index (κ1) is 50.4. The van der Waals surface area contributed by atoms with Crippen molar-refractivity contribution in [3.8, 4) is 0 Å². The molecule has 0 saturated carbocycles. The lowest BCUT2D eigenvalue weighted by molar-refractivity contribution is -0.140. The molecule has 0 heterocycles. The van der Waals surface area contributed by atoms with Crippen molar-refractivity contribution in [3.63, 3.8) is 0 Å². The Bertz CT molecular complexity index is 1250. The summed E-state index contributed by atoms with van der Waals surface area (Å²) in [5.74, 6) is -7.97. The van der Waals surface area contributed by atoms with Crippen LogP contribution in [0.3, 0.4) is 0 Å². The van der Waals surface area contributed by atoms with E-state index in [0.717, 1.165) is 19.3 Å². The average molecular weight is 765 g/mol. The molecule has 0 fully saturated rings. The van der Waals surface area contributed by atoms with Gasteiger partial charge >= 0.3 is 0 Å². The number of ketones is 6. The number of primary amides is 1. The summed E-state index contributed by atoms with van der Waals surface area (Å²) in [6.07, 6.45) is 7.66. The van der Waals surface area contributed by atoms with Crippen LogP contribution in [0, 0.1) is 17.8 Å². The summed E-state index contributed by atoms with van der Waals surface area (Å²) in [6.45, 7) is 8.15. The Labute approximate surface area is 321 Å². The molecule has 1 unspecified atom stereocenters. The normalized spacial score (nSPS) is 14.5. The number of aliphatic hydroxyl groups excluding tert-OH is 1. The van der Waals surface area contributed by atoms with Crippen LogP contribution in [-0.2, 0) is 43.2 Å². The molecule has 3 amide bonds. The van der Waals surface area contributed by atoms with Crippen LogP contribution < -0.4 is 22.1 Å². The van der Waals surface area contributed by atoms with Gasteiger partial charge in [-0.15, -0.1) is 0 Å². The number of nitrogens with two attached hydrogens (primary N) is 2. The molecule has 0 bridgehead atoms. The first-order valence-electron chi connectivity index (χ1n) is 19.9. The monoisotopic (exact) mass is 764 g/mol. The molecule has 0 saturated heterocycles. The van der Waals surface area contributed by atoms with E-state index in [4.69, 9.17) is 11.5 Å². The Morgan fingerprint density at radius 2 is 1.19 bits per heavy atom. The third-order valence-electron chi connectivity index (χ3n) is 9.57. The average Bonchev–Trinajstić information content (AvgIpc) is 3.11. The van der Waals surface area contributed by atoms with Gasteiger partial charge in [-0.3, -0.25) is 43.2 Å². The van der Waals surface area contributed by atoms with Crippen molar-refractivity contribution in [3.05, 3.63) is 0 Å². The van der Waals surface area contributed by atoms with E-state index in [0.29, 0.717) is 45.1 Å². The van der Waals surface area contributed by atoms with Crippen molar-refractivity contribution in [1.82, 2.24) is 10.6 Å². The predicted octanol–water partition coefficient (Wildman–Crippen LogP) is 3.54. The molecule has 0 spiro atoms. The zero-order valence-electron chi connectivity index (χ0n) is 33.4. The summed E-state index contributed by atoms with van der Waals surface area (Å²) in [7, 11) is 0. The second-order valence-corrected chi connectivity index (χ2v) is 14.7. The van der Waals surface area contributed by atoms with Crippen molar-refractivity contribution >= 4 is 52.4 Å². The molecule has 0 aliphatic heterocycles. The van der Waals surface area contributed by atoms with Gasteiger partial charge in [0.25, 0.3) is 0 Å². The van der Waals surface area contributed by atoms with Gasteiger partial charge in [0.05, 0.1) is 18.6 Å².